The lowest BCUT2D eigenvalue weighted by Gasteiger charge is -2.39. The number of nitrogens with one attached hydrogen (secondary N) is 2. The van der Waals surface area contributed by atoms with Gasteiger partial charge in [0.25, 0.3) is 5.91 Å². The molecule has 0 saturated carbocycles. The number of ether oxygens (including phenoxy) is 1. The molecule has 2 fully saturated rings. The average molecular weight is 584 g/mol. The number of pyridine rings is 2. The molecule has 43 heavy (non-hydrogen) atoms. The molecule has 2 amide bonds. The van der Waals surface area contributed by atoms with E-state index in [4.69, 9.17) is 9.72 Å². The van der Waals surface area contributed by atoms with Gasteiger partial charge in [-0.15, -0.1) is 0 Å². The first-order chi connectivity index (χ1) is 20.7. The summed E-state index contributed by atoms with van der Waals surface area (Å²) in [4.78, 5) is 41.8. The predicted molar refractivity (Wildman–Crippen MR) is 160 cm³/mol. The van der Waals surface area contributed by atoms with Crippen LogP contribution in [-0.2, 0) is 19.7 Å². The molecule has 0 aliphatic carbocycles. The summed E-state index contributed by atoms with van der Waals surface area (Å²) in [6.07, 6.45) is 6.07. The van der Waals surface area contributed by atoms with Gasteiger partial charge in [-0.2, -0.15) is 0 Å². The number of benzene rings is 1. The molecule has 3 aromatic heterocycles. The maximum absolute atomic E-state index is 14.6. The Hall–Kier alpha value is -4.38. The molecule has 2 atom stereocenters. The molecule has 7 rings (SSSR count). The lowest BCUT2D eigenvalue weighted by molar-refractivity contribution is -0.145. The Balaban J connectivity index is 1.20. The Morgan fingerprint density at radius 1 is 1.21 bits per heavy atom. The SMILES string of the molecule is CC(C)n1cnc2cc(-c3ccc4c(c3)NC(=O)C43CCN(C(=O)[C@H]4OCC[C@H]4C)CC3)nc(Nc3ccncc3F)c21. The number of halogens is 1. The number of nitrogens with zero attached hydrogens (tertiary/aromatic N) is 5. The predicted octanol–water partition coefficient (Wildman–Crippen LogP) is 5.19. The fraction of sp³-hybridized carbons (Fsp3) is 0.406. The van der Waals surface area contributed by atoms with Crippen LogP contribution in [0.3, 0.4) is 0 Å². The number of imidazole rings is 1. The Morgan fingerprint density at radius 2 is 2.02 bits per heavy atom. The lowest BCUT2D eigenvalue weighted by Crippen LogP contribution is -2.51. The molecule has 6 heterocycles. The largest absolute Gasteiger partial charge is 0.368 e. The molecule has 1 aromatic carbocycles. The van der Waals surface area contributed by atoms with E-state index in [9.17, 15) is 14.0 Å². The molecule has 11 heteroatoms. The second-order valence-corrected chi connectivity index (χ2v) is 12.1. The summed E-state index contributed by atoms with van der Waals surface area (Å²) in [5.74, 6) is 0.200. The van der Waals surface area contributed by atoms with Crippen LogP contribution in [0.4, 0.5) is 21.6 Å². The quantitative estimate of drug-likeness (QED) is 0.332. The number of carbonyl (C=O) groups excluding carboxylic acids is 2. The summed E-state index contributed by atoms with van der Waals surface area (Å²) in [5.41, 5.74) is 4.21. The van der Waals surface area contributed by atoms with E-state index < -0.39 is 11.2 Å². The normalized spacial score (nSPS) is 21.0. The van der Waals surface area contributed by atoms with Crippen molar-refractivity contribution in [1.82, 2.24) is 24.4 Å². The highest BCUT2D eigenvalue weighted by molar-refractivity contribution is 6.07. The zero-order chi connectivity index (χ0) is 29.9. The number of anilines is 3. The Morgan fingerprint density at radius 3 is 2.74 bits per heavy atom. The fourth-order valence-corrected chi connectivity index (χ4v) is 6.68. The van der Waals surface area contributed by atoms with Crippen LogP contribution >= 0.6 is 0 Å². The van der Waals surface area contributed by atoms with Crippen molar-refractivity contribution < 1.29 is 18.7 Å². The first-order valence-corrected chi connectivity index (χ1v) is 14.9. The van der Waals surface area contributed by atoms with Gasteiger partial charge in [-0.25, -0.2) is 14.4 Å². The number of piperidine rings is 1. The Labute approximate surface area is 248 Å². The van der Waals surface area contributed by atoms with Crippen molar-refractivity contribution in [3.63, 3.8) is 0 Å². The van der Waals surface area contributed by atoms with Crippen LogP contribution < -0.4 is 10.6 Å². The van der Waals surface area contributed by atoms with Crippen LogP contribution in [-0.4, -0.2) is 62.0 Å². The smallest absolute Gasteiger partial charge is 0.251 e. The van der Waals surface area contributed by atoms with Gasteiger partial charge in [-0.1, -0.05) is 19.1 Å². The molecule has 0 unspecified atom stereocenters. The zero-order valence-corrected chi connectivity index (χ0v) is 24.4. The number of aromatic nitrogens is 4. The third-order valence-electron chi connectivity index (χ3n) is 9.21. The molecule has 1 spiro atoms. The second-order valence-electron chi connectivity index (χ2n) is 12.1. The van der Waals surface area contributed by atoms with Crippen LogP contribution in [0, 0.1) is 11.7 Å². The molecule has 4 aromatic rings. The van der Waals surface area contributed by atoms with Gasteiger partial charge in [-0.3, -0.25) is 14.6 Å². The summed E-state index contributed by atoms with van der Waals surface area (Å²) in [6, 6.07) is 9.50. The summed E-state index contributed by atoms with van der Waals surface area (Å²) in [7, 11) is 0. The van der Waals surface area contributed by atoms with Gasteiger partial charge in [0.1, 0.15) is 11.6 Å². The number of hydrogen-bond acceptors (Lipinski definition) is 7. The van der Waals surface area contributed by atoms with Crippen molar-refractivity contribution >= 4 is 40.0 Å². The average Bonchev–Trinajstić information content (AvgIpc) is 3.70. The molecule has 222 valence electrons. The third-order valence-corrected chi connectivity index (χ3v) is 9.21. The number of likely N-dealkylation sites (tertiary alicyclic amines) is 1. The van der Waals surface area contributed by atoms with Gasteiger partial charge in [0, 0.05) is 43.2 Å². The molecule has 10 nitrogen and oxygen atoms in total. The topological polar surface area (TPSA) is 114 Å². The third kappa shape index (κ3) is 4.53. The van der Waals surface area contributed by atoms with Crippen molar-refractivity contribution in [2.24, 2.45) is 5.92 Å². The van der Waals surface area contributed by atoms with E-state index in [2.05, 4.69) is 27.5 Å². The summed E-state index contributed by atoms with van der Waals surface area (Å²) in [6.45, 7) is 7.79. The Bertz CT molecular complexity index is 1740. The van der Waals surface area contributed by atoms with Gasteiger partial charge in [0.2, 0.25) is 5.91 Å². The van der Waals surface area contributed by atoms with Crippen molar-refractivity contribution in [2.45, 2.75) is 57.6 Å². The van der Waals surface area contributed by atoms with Crippen LogP contribution in [0.1, 0.15) is 51.6 Å². The first kappa shape index (κ1) is 27.5. The number of carbonyl (C=O) groups is 2. The fourth-order valence-electron chi connectivity index (χ4n) is 6.68. The van der Waals surface area contributed by atoms with Gasteiger partial charge in [0.15, 0.2) is 11.6 Å². The number of rotatable bonds is 5. The molecule has 0 radical (unpaired) electrons. The molecule has 3 aliphatic heterocycles. The molecule has 3 aliphatic rings. The molecule has 2 N–H and O–H groups in total. The van der Waals surface area contributed by atoms with E-state index in [1.807, 2.05) is 47.6 Å². The van der Waals surface area contributed by atoms with E-state index in [-0.39, 0.29) is 35.6 Å². The van der Waals surface area contributed by atoms with Crippen LogP contribution in [0.25, 0.3) is 22.3 Å². The van der Waals surface area contributed by atoms with E-state index in [1.165, 1.54) is 6.20 Å². The highest BCUT2D eigenvalue weighted by Crippen LogP contribution is 2.46. The summed E-state index contributed by atoms with van der Waals surface area (Å²) >= 11 is 0. The minimum Gasteiger partial charge on any atom is -0.368 e. The number of amides is 2. The molecule has 2 saturated heterocycles. The molecular formula is C32H34FN7O3. The standard InChI is InChI=1S/C32H34FN7O3/c1-18(2)40-17-35-26-15-24(37-29(27(26)40)36-23-6-10-34-16-22(23)33)20-4-5-21-25(14-20)38-31(42)32(21)8-11-39(12-9-32)30(41)28-19(3)7-13-43-28/h4-6,10,14-19,28H,7-9,11-13H2,1-3H3,(H,38,42)(H,34,36,37)/t19-,28+/m1/s1. The van der Waals surface area contributed by atoms with Crippen molar-refractivity contribution in [2.75, 3.05) is 30.3 Å². The van der Waals surface area contributed by atoms with Crippen molar-refractivity contribution in [3.05, 3.63) is 60.4 Å². The Kier molecular flexibility index (Phi) is 6.65. The summed E-state index contributed by atoms with van der Waals surface area (Å²) < 4.78 is 22.3. The van der Waals surface area contributed by atoms with Gasteiger partial charge in [-0.05, 0) is 62.8 Å². The first-order valence-electron chi connectivity index (χ1n) is 14.9. The zero-order valence-electron chi connectivity index (χ0n) is 24.4. The molecular weight excluding hydrogens is 549 g/mol. The van der Waals surface area contributed by atoms with Gasteiger partial charge < -0.3 is 24.8 Å². The highest BCUT2D eigenvalue weighted by atomic mass is 19.1. The maximum atomic E-state index is 14.6. The maximum Gasteiger partial charge on any atom is 0.251 e. The lowest BCUT2D eigenvalue weighted by atomic mass is 9.73. The van der Waals surface area contributed by atoms with E-state index >= 15 is 0 Å². The van der Waals surface area contributed by atoms with Crippen LogP contribution in [0.2, 0.25) is 0 Å². The minimum atomic E-state index is -0.675. The van der Waals surface area contributed by atoms with E-state index in [0.29, 0.717) is 49.6 Å². The summed E-state index contributed by atoms with van der Waals surface area (Å²) in [5, 5.41) is 6.26. The monoisotopic (exact) mass is 583 g/mol. The van der Waals surface area contributed by atoms with Gasteiger partial charge in [0.05, 0.1) is 34.8 Å². The minimum absolute atomic E-state index is 0.0336. The number of fused-ring (bicyclic) bond motifs is 3. The van der Waals surface area contributed by atoms with Crippen molar-refractivity contribution in [1.29, 1.82) is 0 Å². The van der Waals surface area contributed by atoms with E-state index in [0.717, 1.165) is 34.9 Å². The number of hydrogen-bond donors (Lipinski definition) is 2. The highest BCUT2D eigenvalue weighted by Gasteiger charge is 2.49. The van der Waals surface area contributed by atoms with E-state index in [1.54, 1.807) is 12.4 Å². The van der Waals surface area contributed by atoms with Crippen LogP contribution in [0.5, 0.6) is 0 Å². The second kappa shape index (κ2) is 10.4. The van der Waals surface area contributed by atoms with Crippen LogP contribution in [0.15, 0.2) is 49.1 Å². The molecule has 0 bridgehead atoms. The van der Waals surface area contributed by atoms with Gasteiger partial charge >= 0.3 is 0 Å². The van der Waals surface area contributed by atoms with Crippen molar-refractivity contribution in [3.8, 4) is 11.3 Å².